The fourth-order valence-corrected chi connectivity index (χ4v) is 3.93. The van der Waals surface area contributed by atoms with Gasteiger partial charge in [0.25, 0.3) is 0 Å². The van der Waals surface area contributed by atoms with E-state index in [9.17, 15) is 10.1 Å². The van der Waals surface area contributed by atoms with E-state index in [1.807, 2.05) is 18.2 Å². The summed E-state index contributed by atoms with van der Waals surface area (Å²) >= 11 is 6.00. The summed E-state index contributed by atoms with van der Waals surface area (Å²) in [5.74, 6) is 1.07. The number of nitrogens with two attached hydrogens (primary N) is 2. The molecule has 1 saturated carbocycles. The average molecular weight is 405 g/mol. The Morgan fingerprint density at radius 1 is 1.21 bits per heavy atom. The van der Waals surface area contributed by atoms with Gasteiger partial charge in [-0.15, -0.1) is 0 Å². The maximum atomic E-state index is 11.5. The fourth-order valence-electron chi connectivity index (χ4n) is 3.71. The SMILES string of the molecule is NCC1CCC(Cc2nc(NCc3cccc(Cl)c3)nc(N)c2[N+](=O)[O-])CC1. The second kappa shape index (κ2) is 9.16. The van der Waals surface area contributed by atoms with Gasteiger partial charge < -0.3 is 16.8 Å². The van der Waals surface area contributed by atoms with Crippen molar-refractivity contribution in [2.75, 3.05) is 17.6 Å². The highest BCUT2D eigenvalue weighted by atomic mass is 35.5. The third-order valence-electron chi connectivity index (χ3n) is 5.29. The van der Waals surface area contributed by atoms with Crippen LogP contribution in [0.15, 0.2) is 24.3 Å². The number of rotatable bonds is 7. The first kappa shape index (κ1) is 20.3. The van der Waals surface area contributed by atoms with Crippen molar-refractivity contribution in [1.82, 2.24) is 9.97 Å². The highest BCUT2D eigenvalue weighted by Gasteiger charge is 2.27. The molecule has 0 atom stereocenters. The van der Waals surface area contributed by atoms with E-state index in [2.05, 4.69) is 15.3 Å². The summed E-state index contributed by atoms with van der Waals surface area (Å²) in [4.78, 5) is 19.5. The van der Waals surface area contributed by atoms with Gasteiger partial charge in [-0.1, -0.05) is 23.7 Å². The molecule has 0 unspecified atom stereocenters. The van der Waals surface area contributed by atoms with Crippen molar-refractivity contribution in [3.63, 3.8) is 0 Å². The molecule has 1 heterocycles. The Morgan fingerprint density at radius 3 is 2.57 bits per heavy atom. The van der Waals surface area contributed by atoms with Gasteiger partial charge in [-0.25, -0.2) is 4.98 Å². The van der Waals surface area contributed by atoms with Gasteiger partial charge in [0.1, 0.15) is 5.69 Å². The first-order valence-corrected chi connectivity index (χ1v) is 9.83. The Hall–Kier alpha value is -2.45. The number of nitrogens with zero attached hydrogens (tertiary/aromatic N) is 3. The molecule has 8 nitrogen and oxygen atoms in total. The van der Waals surface area contributed by atoms with E-state index in [0.29, 0.717) is 42.1 Å². The molecule has 0 saturated heterocycles. The summed E-state index contributed by atoms with van der Waals surface area (Å²) in [5.41, 5.74) is 12.8. The zero-order valence-electron chi connectivity index (χ0n) is 15.6. The smallest absolute Gasteiger partial charge is 0.332 e. The standard InChI is InChI=1S/C19H25ClN6O2/c20-15-3-1-2-14(8-15)11-23-19-24-16(17(26(27)28)18(22)25-19)9-12-4-6-13(10-21)7-5-12/h1-3,8,12-13H,4-7,9-11,21H2,(H3,22,23,24,25). The zero-order chi connectivity index (χ0) is 20.1. The van der Waals surface area contributed by atoms with Gasteiger partial charge in [-0.05, 0) is 68.2 Å². The molecule has 5 N–H and O–H groups in total. The first-order chi connectivity index (χ1) is 13.5. The maximum absolute atomic E-state index is 11.5. The van der Waals surface area contributed by atoms with Crippen molar-refractivity contribution in [3.8, 4) is 0 Å². The number of benzene rings is 1. The summed E-state index contributed by atoms with van der Waals surface area (Å²) in [6, 6.07) is 7.40. The topological polar surface area (TPSA) is 133 Å². The predicted octanol–water partition coefficient (Wildman–Crippen LogP) is 3.54. The highest BCUT2D eigenvalue weighted by molar-refractivity contribution is 6.30. The van der Waals surface area contributed by atoms with Crippen LogP contribution in [0.2, 0.25) is 5.02 Å². The molecule has 150 valence electrons. The molecular weight excluding hydrogens is 380 g/mol. The molecule has 0 amide bonds. The number of hydrogen-bond donors (Lipinski definition) is 3. The van der Waals surface area contributed by atoms with Crippen molar-refractivity contribution in [2.45, 2.75) is 38.6 Å². The molecule has 0 bridgehead atoms. The molecule has 9 heteroatoms. The minimum Gasteiger partial charge on any atom is -0.378 e. The monoisotopic (exact) mass is 404 g/mol. The largest absolute Gasteiger partial charge is 0.378 e. The van der Waals surface area contributed by atoms with Gasteiger partial charge in [0.05, 0.1) is 4.92 Å². The van der Waals surface area contributed by atoms with E-state index in [1.165, 1.54) is 0 Å². The van der Waals surface area contributed by atoms with E-state index >= 15 is 0 Å². The van der Waals surface area contributed by atoms with Crippen LogP contribution in [-0.2, 0) is 13.0 Å². The second-order valence-corrected chi connectivity index (χ2v) is 7.73. The van der Waals surface area contributed by atoms with Crippen molar-refractivity contribution in [2.24, 2.45) is 17.6 Å². The number of aromatic nitrogens is 2. The van der Waals surface area contributed by atoms with Gasteiger partial charge in [0, 0.05) is 11.6 Å². The summed E-state index contributed by atoms with van der Waals surface area (Å²) in [6.07, 6.45) is 4.61. The Morgan fingerprint density at radius 2 is 1.93 bits per heavy atom. The predicted molar refractivity (Wildman–Crippen MR) is 110 cm³/mol. The van der Waals surface area contributed by atoms with Crippen LogP contribution in [0.4, 0.5) is 17.5 Å². The highest BCUT2D eigenvalue weighted by Crippen LogP contribution is 2.34. The number of nitrogen functional groups attached to an aromatic ring is 1. The summed E-state index contributed by atoms with van der Waals surface area (Å²) in [7, 11) is 0. The Kier molecular flexibility index (Phi) is 6.64. The van der Waals surface area contributed by atoms with Gasteiger partial charge in [0.2, 0.25) is 11.8 Å². The van der Waals surface area contributed by atoms with Crippen LogP contribution in [-0.4, -0.2) is 21.4 Å². The molecule has 1 aliphatic rings. The molecule has 2 aromatic rings. The fraction of sp³-hybridized carbons (Fsp3) is 0.474. The summed E-state index contributed by atoms with van der Waals surface area (Å²) in [6.45, 7) is 1.14. The number of hydrogen-bond acceptors (Lipinski definition) is 7. The third kappa shape index (κ3) is 5.08. The van der Waals surface area contributed by atoms with Crippen LogP contribution in [0, 0.1) is 22.0 Å². The lowest BCUT2D eigenvalue weighted by molar-refractivity contribution is -0.385. The van der Waals surface area contributed by atoms with Gasteiger partial charge >= 0.3 is 5.69 Å². The van der Waals surface area contributed by atoms with Gasteiger partial charge in [-0.2, -0.15) is 4.98 Å². The number of halogens is 1. The van der Waals surface area contributed by atoms with Crippen LogP contribution in [0.25, 0.3) is 0 Å². The van der Waals surface area contributed by atoms with E-state index < -0.39 is 4.92 Å². The van der Waals surface area contributed by atoms with E-state index in [4.69, 9.17) is 23.1 Å². The molecule has 1 aromatic heterocycles. The zero-order valence-corrected chi connectivity index (χ0v) is 16.4. The van der Waals surface area contributed by atoms with Crippen LogP contribution < -0.4 is 16.8 Å². The van der Waals surface area contributed by atoms with Crippen LogP contribution in [0.3, 0.4) is 0 Å². The third-order valence-corrected chi connectivity index (χ3v) is 5.52. The minimum absolute atomic E-state index is 0.112. The molecule has 0 spiro atoms. The molecule has 0 radical (unpaired) electrons. The van der Waals surface area contributed by atoms with Crippen molar-refractivity contribution < 1.29 is 4.92 Å². The Balaban J connectivity index is 1.76. The number of anilines is 2. The molecule has 0 aliphatic heterocycles. The molecule has 1 aromatic carbocycles. The van der Waals surface area contributed by atoms with E-state index in [1.54, 1.807) is 6.07 Å². The quantitative estimate of drug-likeness (QED) is 0.474. The van der Waals surface area contributed by atoms with E-state index in [-0.39, 0.29) is 17.5 Å². The van der Waals surface area contributed by atoms with Crippen molar-refractivity contribution in [3.05, 3.63) is 50.7 Å². The van der Waals surface area contributed by atoms with Gasteiger partial charge in [0.15, 0.2) is 0 Å². The molecule has 3 rings (SSSR count). The Labute approximate surface area is 168 Å². The lowest BCUT2D eigenvalue weighted by Gasteiger charge is -2.27. The van der Waals surface area contributed by atoms with Crippen molar-refractivity contribution in [1.29, 1.82) is 0 Å². The van der Waals surface area contributed by atoms with Crippen LogP contribution >= 0.6 is 11.6 Å². The number of nitrogens with one attached hydrogen (secondary N) is 1. The number of nitro groups is 1. The summed E-state index contributed by atoms with van der Waals surface area (Å²) < 4.78 is 0. The summed E-state index contributed by atoms with van der Waals surface area (Å²) in [5, 5.41) is 15.2. The van der Waals surface area contributed by atoms with Crippen LogP contribution in [0.1, 0.15) is 36.9 Å². The molecule has 1 aliphatic carbocycles. The molecule has 1 fully saturated rings. The van der Waals surface area contributed by atoms with Gasteiger partial charge in [-0.3, -0.25) is 10.1 Å². The minimum atomic E-state index is -0.489. The molecule has 28 heavy (non-hydrogen) atoms. The average Bonchev–Trinajstić information content (AvgIpc) is 2.66. The lowest BCUT2D eigenvalue weighted by Crippen LogP contribution is -2.23. The lowest BCUT2D eigenvalue weighted by atomic mass is 9.80. The van der Waals surface area contributed by atoms with Crippen LogP contribution in [0.5, 0.6) is 0 Å². The van der Waals surface area contributed by atoms with E-state index in [0.717, 1.165) is 31.2 Å². The normalized spacial score (nSPS) is 19.4. The first-order valence-electron chi connectivity index (χ1n) is 9.45. The maximum Gasteiger partial charge on any atom is 0.332 e. The molecular formula is C19H25ClN6O2. The van der Waals surface area contributed by atoms with Crippen molar-refractivity contribution >= 4 is 29.1 Å². The Bertz CT molecular complexity index is 839. The second-order valence-electron chi connectivity index (χ2n) is 7.29.